The molecule has 1 rings (SSSR count). The fraction of sp³-hybridized carbons (Fsp3) is 0.615. The maximum Gasteiger partial charge on any atom is 0.270 e. The number of unbranched alkanes of at least 4 members (excludes halogenated alkanes) is 1. The van der Waals surface area contributed by atoms with Gasteiger partial charge >= 0.3 is 0 Å². The van der Waals surface area contributed by atoms with Gasteiger partial charge in [-0.15, -0.1) is 0 Å². The molecule has 1 aromatic rings. The van der Waals surface area contributed by atoms with Crippen molar-refractivity contribution in [2.24, 2.45) is 0 Å². The van der Waals surface area contributed by atoms with Gasteiger partial charge in [0.05, 0.1) is 0 Å². The number of anilines is 1. The zero-order valence-corrected chi connectivity index (χ0v) is 11.6. The van der Waals surface area contributed by atoms with Crippen molar-refractivity contribution in [3.8, 4) is 0 Å². The zero-order chi connectivity index (χ0) is 13.9. The highest BCUT2D eigenvalue weighted by molar-refractivity contribution is 5.92. The van der Waals surface area contributed by atoms with E-state index < -0.39 is 0 Å². The van der Waals surface area contributed by atoms with Crippen molar-refractivity contribution in [3.05, 3.63) is 18.1 Å². The Morgan fingerprint density at radius 1 is 1.32 bits per heavy atom. The molecule has 0 aliphatic heterocycles. The minimum atomic E-state index is -0.157. The van der Waals surface area contributed by atoms with Crippen LogP contribution in [-0.2, 0) is 4.74 Å². The summed E-state index contributed by atoms with van der Waals surface area (Å²) in [5.74, 6) is 0.502. The maximum atomic E-state index is 11.8. The molecule has 6 nitrogen and oxygen atoms in total. The Bertz CT molecular complexity index is 385. The highest BCUT2D eigenvalue weighted by atomic mass is 16.5. The van der Waals surface area contributed by atoms with E-state index in [1.807, 2.05) is 0 Å². The van der Waals surface area contributed by atoms with Crippen LogP contribution in [0.4, 0.5) is 5.82 Å². The number of aromatic nitrogens is 2. The van der Waals surface area contributed by atoms with E-state index in [9.17, 15) is 4.79 Å². The summed E-state index contributed by atoms with van der Waals surface area (Å²) in [6.07, 6.45) is 4.31. The molecule has 19 heavy (non-hydrogen) atoms. The second-order valence-corrected chi connectivity index (χ2v) is 4.17. The molecule has 0 saturated carbocycles. The van der Waals surface area contributed by atoms with E-state index in [-0.39, 0.29) is 5.91 Å². The highest BCUT2D eigenvalue weighted by Crippen LogP contribution is 2.04. The molecule has 6 heteroatoms. The third-order valence-electron chi connectivity index (χ3n) is 2.55. The molecule has 0 bridgehead atoms. The maximum absolute atomic E-state index is 11.8. The number of rotatable bonds is 9. The molecule has 0 aliphatic rings. The molecule has 106 valence electrons. The van der Waals surface area contributed by atoms with Gasteiger partial charge in [-0.2, -0.15) is 0 Å². The first-order valence-corrected chi connectivity index (χ1v) is 6.61. The Balaban J connectivity index is 2.44. The minimum absolute atomic E-state index is 0.157. The summed E-state index contributed by atoms with van der Waals surface area (Å²) in [5.41, 5.74) is 0.389. The van der Waals surface area contributed by atoms with Gasteiger partial charge in [0.25, 0.3) is 5.91 Å². The van der Waals surface area contributed by atoms with Gasteiger partial charge in [0, 0.05) is 32.9 Å². The van der Waals surface area contributed by atoms with Crippen LogP contribution in [0.3, 0.4) is 0 Å². The number of nitrogens with zero attached hydrogens (tertiary/aromatic N) is 2. The predicted octanol–water partition coefficient (Wildman–Crippen LogP) is 1.45. The first kappa shape index (κ1) is 15.4. The summed E-state index contributed by atoms with van der Waals surface area (Å²) in [5, 5.41) is 5.96. The molecule has 2 N–H and O–H groups in total. The predicted molar refractivity (Wildman–Crippen MR) is 74.3 cm³/mol. The van der Waals surface area contributed by atoms with Crippen molar-refractivity contribution >= 4 is 11.7 Å². The van der Waals surface area contributed by atoms with E-state index in [1.54, 1.807) is 13.2 Å². The molecule has 0 aromatic carbocycles. The summed E-state index contributed by atoms with van der Waals surface area (Å²) in [6, 6.07) is 1.66. The SMILES string of the molecule is CCCCNC(=O)c1cc(NCCCOC)ncn1. The van der Waals surface area contributed by atoms with Crippen LogP contribution in [0.25, 0.3) is 0 Å². The second-order valence-electron chi connectivity index (χ2n) is 4.17. The first-order chi connectivity index (χ1) is 9.27. The van der Waals surface area contributed by atoms with E-state index in [0.717, 1.165) is 25.8 Å². The van der Waals surface area contributed by atoms with Crippen molar-refractivity contribution in [1.29, 1.82) is 0 Å². The molecule has 0 atom stereocenters. The first-order valence-electron chi connectivity index (χ1n) is 6.61. The summed E-state index contributed by atoms with van der Waals surface area (Å²) in [4.78, 5) is 19.8. The van der Waals surface area contributed by atoms with Crippen LogP contribution in [0.5, 0.6) is 0 Å². The molecule has 1 aromatic heterocycles. The van der Waals surface area contributed by atoms with Gasteiger partial charge in [0.1, 0.15) is 17.8 Å². The monoisotopic (exact) mass is 266 g/mol. The summed E-state index contributed by atoms with van der Waals surface area (Å²) in [6.45, 7) is 4.21. The van der Waals surface area contributed by atoms with Gasteiger partial charge in [0.15, 0.2) is 0 Å². The van der Waals surface area contributed by atoms with Crippen molar-refractivity contribution in [3.63, 3.8) is 0 Å². The van der Waals surface area contributed by atoms with E-state index in [1.165, 1.54) is 6.33 Å². The third kappa shape index (κ3) is 6.15. The Morgan fingerprint density at radius 3 is 2.89 bits per heavy atom. The second kappa shape index (κ2) is 9.27. The number of hydrogen-bond donors (Lipinski definition) is 2. The number of amides is 1. The molecule has 1 amide bonds. The average molecular weight is 266 g/mol. The summed E-state index contributed by atoms with van der Waals surface area (Å²) in [7, 11) is 1.67. The molecule has 0 fully saturated rings. The van der Waals surface area contributed by atoms with Gasteiger partial charge < -0.3 is 15.4 Å². The van der Waals surface area contributed by atoms with Gasteiger partial charge in [-0.3, -0.25) is 4.79 Å². The van der Waals surface area contributed by atoms with Crippen LogP contribution >= 0.6 is 0 Å². The van der Waals surface area contributed by atoms with Crippen molar-refractivity contribution in [2.45, 2.75) is 26.2 Å². The number of methoxy groups -OCH3 is 1. The molecular weight excluding hydrogens is 244 g/mol. The van der Waals surface area contributed by atoms with E-state index in [0.29, 0.717) is 24.7 Å². The van der Waals surface area contributed by atoms with Crippen molar-refractivity contribution in [2.75, 3.05) is 32.1 Å². The molecule has 0 radical (unpaired) electrons. The Hall–Kier alpha value is -1.69. The lowest BCUT2D eigenvalue weighted by Gasteiger charge is -2.07. The van der Waals surface area contributed by atoms with Crippen LogP contribution in [0.2, 0.25) is 0 Å². The fourth-order valence-corrected chi connectivity index (χ4v) is 1.48. The summed E-state index contributed by atoms with van der Waals surface area (Å²) < 4.78 is 4.96. The van der Waals surface area contributed by atoms with Crippen molar-refractivity contribution in [1.82, 2.24) is 15.3 Å². The number of ether oxygens (including phenoxy) is 1. The van der Waals surface area contributed by atoms with E-state index in [2.05, 4.69) is 27.5 Å². The Morgan fingerprint density at radius 2 is 2.16 bits per heavy atom. The lowest BCUT2D eigenvalue weighted by Crippen LogP contribution is -2.25. The van der Waals surface area contributed by atoms with E-state index >= 15 is 0 Å². The largest absolute Gasteiger partial charge is 0.385 e. The summed E-state index contributed by atoms with van der Waals surface area (Å²) >= 11 is 0. The van der Waals surface area contributed by atoms with Crippen LogP contribution in [0, 0.1) is 0 Å². The number of carbonyl (C=O) groups excluding carboxylic acids is 1. The molecule has 0 spiro atoms. The molecular formula is C13H22N4O2. The normalized spacial score (nSPS) is 10.2. The number of carbonyl (C=O) groups is 1. The standard InChI is InChI=1S/C13H22N4O2/c1-3-4-6-15-13(18)11-9-12(17-10-16-11)14-7-5-8-19-2/h9-10H,3-8H2,1-2H3,(H,15,18)(H,14,16,17). The van der Waals surface area contributed by atoms with Crippen molar-refractivity contribution < 1.29 is 9.53 Å². The van der Waals surface area contributed by atoms with Crippen LogP contribution < -0.4 is 10.6 Å². The zero-order valence-electron chi connectivity index (χ0n) is 11.6. The highest BCUT2D eigenvalue weighted by Gasteiger charge is 2.07. The van der Waals surface area contributed by atoms with Gasteiger partial charge in [-0.1, -0.05) is 13.3 Å². The number of nitrogens with one attached hydrogen (secondary N) is 2. The third-order valence-corrected chi connectivity index (χ3v) is 2.55. The van der Waals surface area contributed by atoms with Crippen LogP contribution in [0.15, 0.2) is 12.4 Å². The van der Waals surface area contributed by atoms with E-state index in [4.69, 9.17) is 4.74 Å². The van der Waals surface area contributed by atoms with Gasteiger partial charge in [-0.05, 0) is 12.8 Å². The van der Waals surface area contributed by atoms with Gasteiger partial charge in [0.2, 0.25) is 0 Å². The van der Waals surface area contributed by atoms with Crippen LogP contribution in [0.1, 0.15) is 36.7 Å². The van der Waals surface area contributed by atoms with Gasteiger partial charge in [-0.25, -0.2) is 9.97 Å². The molecule has 0 unspecified atom stereocenters. The molecule has 0 saturated heterocycles. The minimum Gasteiger partial charge on any atom is -0.385 e. The fourth-order valence-electron chi connectivity index (χ4n) is 1.48. The molecule has 0 aliphatic carbocycles. The quantitative estimate of drug-likeness (QED) is 0.662. The Kier molecular flexibility index (Phi) is 7.50. The lowest BCUT2D eigenvalue weighted by atomic mass is 10.3. The Labute approximate surface area is 114 Å². The average Bonchev–Trinajstić information content (AvgIpc) is 2.44. The smallest absolute Gasteiger partial charge is 0.270 e. The van der Waals surface area contributed by atoms with Crippen LogP contribution in [-0.4, -0.2) is 42.7 Å². The molecule has 1 heterocycles. The number of hydrogen-bond acceptors (Lipinski definition) is 5. The topological polar surface area (TPSA) is 76.1 Å². The lowest BCUT2D eigenvalue weighted by molar-refractivity contribution is 0.0948.